The summed E-state index contributed by atoms with van der Waals surface area (Å²) in [5, 5.41) is 107. The summed E-state index contributed by atoms with van der Waals surface area (Å²) in [6.07, 6.45) is -3.85. The Morgan fingerprint density at radius 2 is 0.939 bits per heavy atom. The van der Waals surface area contributed by atoms with E-state index in [0.717, 1.165) is 18.7 Å². The number of nitrogens with zero attached hydrogens (tertiary/aromatic N) is 3. The van der Waals surface area contributed by atoms with Gasteiger partial charge in [0.05, 0.1) is 48.2 Å². The van der Waals surface area contributed by atoms with Gasteiger partial charge in [0.15, 0.2) is 0 Å². The number of phenolic OH excluding ortho intramolecular Hbond substituents is 1. The van der Waals surface area contributed by atoms with Crippen molar-refractivity contribution in [2.75, 3.05) is 45.9 Å². The van der Waals surface area contributed by atoms with E-state index in [1.807, 2.05) is 27.7 Å². The standard InChI is InChI=1S/C85H144N22O24/c1-44(2)37-58(76(122)95-54(19-16-17-32-86)72(118)91-42-68(115)90-33-29-52(30-34-92-84(12,13)49(9)105-130)31-35-93-85(14,15)50(10)106-131)99-77(123)59(38-45(3)4)101-82(128)71(48(8)109)104-79(125)60(40-53-21-25-64(111)47(7)39-53)100-80(126)63-20-18-36-107(63)83(129)62(43-108)102-81(127)70(46(5)6)103-75(121)56(23-27-66(88)113)96-74(120)57(24-28-69(116)117)97-73(119)55(22-26-65(87)112)98-78(124)61(41-67(89)114)94-51(11)110/h21,25,39,44-46,48,52,54-63,70-71,92-93,108-109,111,130-131H,16-20,22-24,26-38,40-43,86H2,1-15H3,(H2,87,112)(H2,88,113)(H2,89,114)(H,90,115)(H,91,118)(H,94,110)(H,95,122)(H,96,120)(H,97,119)(H,98,124)(H,99,123)(H,100,126)(H,101,128)(H,102,127)(H,103,121)(H,104,125)(H,116,117)/b105-49+,106-50+/t48-,54-,55-,56-,57-,58-,59-,60-,61-,62-,63-,70-,71-/m0/s1. The Morgan fingerprint density at radius 3 is 1.38 bits per heavy atom. The Hall–Kier alpha value is -11.8. The van der Waals surface area contributed by atoms with E-state index in [9.17, 15) is 117 Å². The minimum atomic E-state index is -1.88. The number of rotatable bonds is 62. The highest BCUT2D eigenvalue weighted by atomic mass is 16.4. The number of carbonyl (C=O) groups is 18. The van der Waals surface area contributed by atoms with E-state index in [0.29, 0.717) is 67.7 Å². The number of unbranched alkanes of at least 4 members (excludes halogenated alkanes) is 1. The number of hydrogen-bond acceptors (Lipinski definition) is 28. The number of carbonyl (C=O) groups excluding carboxylic acids is 17. The number of oxime groups is 2. The van der Waals surface area contributed by atoms with Gasteiger partial charge in [-0.15, -0.1) is 0 Å². The van der Waals surface area contributed by atoms with Gasteiger partial charge in [-0.05, 0) is 199 Å². The number of hydrogen-bond donors (Lipinski definition) is 25. The summed E-state index contributed by atoms with van der Waals surface area (Å²) in [6.45, 7) is 24.4. The quantitative estimate of drug-likeness (QED) is 0.0127. The molecule has 46 heteroatoms. The van der Waals surface area contributed by atoms with Gasteiger partial charge >= 0.3 is 5.97 Å². The lowest BCUT2D eigenvalue weighted by molar-refractivity contribution is -0.143. The van der Waals surface area contributed by atoms with Crippen LogP contribution in [-0.4, -0.2) is 289 Å². The van der Waals surface area contributed by atoms with Gasteiger partial charge in [0, 0.05) is 45.7 Å². The number of benzene rings is 1. The van der Waals surface area contributed by atoms with Crippen LogP contribution in [0, 0.1) is 30.6 Å². The monoisotopic (exact) mass is 1860 g/mol. The molecule has 0 radical (unpaired) electrons. The van der Waals surface area contributed by atoms with Crippen LogP contribution < -0.4 is 103 Å². The molecule has 0 bridgehead atoms. The minimum Gasteiger partial charge on any atom is -0.508 e. The molecule has 0 saturated carbocycles. The number of aryl methyl sites for hydroxylation is 1. The molecule has 1 aliphatic rings. The zero-order chi connectivity index (χ0) is 99.5. The summed E-state index contributed by atoms with van der Waals surface area (Å²) in [4.78, 5) is 246. The highest BCUT2D eigenvalue weighted by molar-refractivity contribution is 6.01. The van der Waals surface area contributed by atoms with Crippen molar-refractivity contribution in [3.05, 3.63) is 29.3 Å². The molecule has 1 fully saturated rings. The minimum absolute atomic E-state index is 0.0169. The second-order valence-corrected chi connectivity index (χ2v) is 35.3. The van der Waals surface area contributed by atoms with Crippen LogP contribution in [0.1, 0.15) is 217 Å². The predicted octanol–water partition coefficient (Wildman–Crippen LogP) is -4.44. The zero-order valence-electron chi connectivity index (χ0n) is 77.9. The molecule has 46 nitrogen and oxygen atoms in total. The molecule has 1 aliphatic heterocycles. The molecule has 1 heterocycles. The Morgan fingerprint density at radius 1 is 0.504 bits per heavy atom. The van der Waals surface area contributed by atoms with Crippen molar-refractivity contribution in [2.45, 2.75) is 309 Å². The van der Waals surface area contributed by atoms with Crippen LogP contribution in [-0.2, 0) is 92.7 Å². The van der Waals surface area contributed by atoms with E-state index in [-0.39, 0.29) is 81.7 Å². The van der Waals surface area contributed by atoms with E-state index in [1.165, 1.54) is 32.0 Å². The Kier molecular flexibility index (Phi) is 50.5. The smallest absolute Gasteiger partial charge is 0.303 e. The van der Waals surface area contributed by atoms with Crippen molar-refractivity contribution in [3.8, 4) is 5.75 Å². The molecule has 0 unspecified atom stereocenters. The number of aliphatic carboxylic acids is 1. The van der Waals surface area contributed by atoms with Crippen molar-refractivity contribution >= 4 is 118 Å². The van der Waals surface area contributed by atoms with E-state index in [4.69, 9.17) is 22.9 Å². The van der Waals surface area contributed by atoms with Crippen LogP contribution in [0.5, 0.6) is 5.75 Å². The number of aliphatic hydroxyl groups is 2. The fourth-order valence-corrected chi connectivity index (χ4v) is 13.9. The van der Waals surface area contributed by atoms with Gasteiger partial charge in [0.1, 0.15) is 78.3 Å². The molecular formula is C85H144N22O24. The first-order valence-corrected chi connectivity index (χ1v) is 44.1. The molecule has 0 aromatic heterocycles. The summed E-state index contributed by atoms with van der Waals surface area (Å²) < 4.78 is 0. The molecule has 1 aromatic carbocycles. The molecular weight excluding hydrogens is 1710 g/mol. The maximum absolute atomic E-state index is 14.8. The van der Waals surface area contributed by atoms with Crippen molar-refractivity contribution in [3.63, 3.8) is 0 Å². The lowest BCUT2D eigenvalue weighted by atomic mass is 9.94. The van der Waals surface area contributed by atoms with E-state index in [2.05, 4.69) is 90.1 Å². The fourth-order valence-electron chi connectivity index (χ4n) is 13.9. The molecule has 1 aromatic rings. The average molecular weight is 1860 g/mol. The largest absolute Gasteiger partial charge is 0.508 e. The maximum atomic E-state index is 14.8. The van der Waals surface area contributed by atoms with E-state index < -0.39 is 260 Å². The Labute approximate surface area is 763 Å². The van der Waals surface area contributed by atoms with Gasteiger partial charge < -0.3 is 138 Å². The molecule has 2 rings (SSSR count). The highest BCUT2D eigenvalue weighted by Gasteiger charge is 2.43. The normalized spacial score (nSPS) is 15.8. The van der Waals surface area contributed by atoms with E-state index in [1.54, 1.807) is 48.5 Å². The second-order valence-electron chi connectivity index (χ2n) is 35.3. The molecule has 17 amide bonds. The van der Waals surface area contributed by atoms with Crippen LogP contribution in [0.15, 0.2) is 28.5 Å². The zero-order valence-corrected chi connectivity index (χ0v) is 77.9. The van der Waals surface area contributed by atoms with Gasteiger partial charge in [0.2, 0.25) is 100 Å². The number of aliphatic hydroxyl groups excluding tert-OH is 2. The van der Waals surface area contributed by atoms with Crippen LogP contribution in [0.2, 0.25) is 0 Å². The van der Waals surface area contributed by atoms with Gasteiger partial charge in [-0.1, -0.05) is 64.0 Å². The molecule has 13 atom stereocenters. The third-order valence-corrected chi connectivity index (χ3v) is 22.2. The number of carboxylic acid groups (broad SMARTS) is 1. The number of amides is 17. The van der Waals surface area contributed by atoms with Crippen molar-refractivity contribution in [1.82, 2.24) is 84.7 Å². The van der Waals surface area contributed by atoms with Crippen LogP contribution in [0.3, 0.4) is 0 Å². The van der Waals surface area contributed by atoms with Gasteiger partial charge in [-0.3, -0.25) is 86.3 Å². The first-order chi connectivity index (χ1) is 61.2. The summed E-state index contributed by atoms with van der Waals surface area (Å²) in [6, 6.07) is -15.3. The topological polar surface area (TPSA) is 741 Å². The summed E-state index contributed by atoms with van der Waals surface area (Å²) in [5.74, 6) is -19.9. The summed E-state index contributed by atoms with van der Waals surface area (Å²) >= 11 is 0. The first-order valence-electron chi connectivity index (χ1n) is 44.1. The van der Waals surface area contributed by atoms with Gasteiger partial charge in [0.25, 0.3) is 0 Å². The number of nitrogens with one attached hydrogen (secondary N) is 15. The Bertz CT molecular complexity index is 4070. The molecule has 738 valence electrons. The number of nitrogens with two attached hydrogens (primary N) is 4. The first kappa shape index (κ1) is 115. The molecule has 0 aliphatic carbocycles. The lowest BCUT2D eigenvalue weighted by Crippen LogP contribution is -2.62. The highest BCUT2D eigenvalue weighted by Crippen LogP contribution is 2.24. The summed E-state index contributed by atoms with van der Waals surface area (Å²) in [7, 11) is 0. The molecule has 0 spiro atoms. The third-order valence-electron chi connectivity index (χ3n) is 22.2. The second kappa shape index (κ2) is 57.4. The third kappa shape index (κ3) is 42.3. The van der Waals surface area contributed by atoms with Crippen molar-refractivity contribution < 1.29 is 117 Å². The van der Waals surface area contributed by atoms with E-state index >= 15 is 0 Å². The molecule has 131 heavy (non-hydrogen) atoms. The van der Waals surface area contributed by atoms with Crippen molar-refractivity contribution in [1.29, 1.82) is 0 Å². The average Bonchev–Trinajstić information content (AvgIpc) is 1.72. The number of likely N-dealkylation sites (tertiary alicyclic amines) is 1. The summed E-state index contributed by atoms with van der Waals surface area (Å²) in [5.41, 5.74) is 22.3. The van der Waals surface area contributed by atoms with Crippen molar-refractivity contribution in [2.24, 2.45) is 56.9 Å². The van der Waals surface area contributed by atoms with Gasteiger partial charge in [-0.2, -0.15) is 0 Å². The number of phenols is 1. The number of carboxylic acids is 1. The van der Waals surface area contributed by atoms with Crippen LogP contribution in [0.25, 0.3) is 0 Å². The maximum Gasteiger partial charge on any atom is 0.303 e. The van der Waals surface area contributed by atoms with Crippen LogP contribution in [0.4, 0.5) is 0 Å². The fraction of sp³-hybridized carbons (Fsp3) is 0.694. The Balaban J connectivity index is 2.47. The van der Waals surface area contributed by atoms with Gasteiger partial charge in [-0.25, -0.2) is 0 Å². The lowest BCUT2D eigenvalue weighted by Gasteiger charge is -2.31. The number of primary amides is 3. The molecule has 1 saturated heterocycles. The van der Waals surface area contributed by atoms with Crippen LogP contribution >= 0.6 is 0 Å². The number of aromatic hydroxyl groups is 1. The SMILES string of the molecule is CC(=O)N[C@@H](CC(N)=O)C(=O)N[C@@H](CCC(N)=O)C(=O)N[C@@H](CCC(=O)O)C(=O)N[C@@H](CCC(N)=O)C(=O)N[C@H](C(=O)N[C@@H](CO)C(=O)N1CCC[C@H]1C(=O)N[C@@H](Cc1ccc(O)c(C)c1)C(=O)N[C@H](C(=O)N[C@@H](CC(C)C)C(=O)N[C@@H](CC(C)C)C(=O)N[C@@H](CCCCN)C(=O)NCC(=O)NCCC(CCNC(C)(C)/C(C)=N/O)CCNC(C)(C)/C(C)=N/O)[C@H](C)O)C(C)C. The molecule has 29 N–H and O–H groups in total. The predicted molar refractivity (Wildman–Crippen MR) is 478 cm³/mol.